The number of nitrogens with zero attached hydrogens (tertiary/aromatic N) is 3. The number of hydrogen-bond donors (Lipinski definition) is 1. The first kappa shape index (κ1) is 14.1. The highest BCUT2D eigenvalue weighted by atomic mass is 16.5. The van der Waals surface area contributed by atoms with Gasteiger partial charge in [0.2, 0.25) is 0 Å². The van der Waals surface area contributed by atoms with Crippen molar-refractivity contribution in [3.8, 4) is 11.8 Å². The Kier molecular flexibility index (Phi) is 4.38. The van der Waals surface area contributed by atoms with Gasteiger partial charge in [0, 0.05) is 24.8 Å². The Hall–Kier alpha value is -2.32. The lowest BCUT2D eigenvalue weighted by atomic mass is 10.0. The molecule has 20 heavy (non-hydrogen) atoms. The van der Waals surface area contributed by atoms with Gasteiger partial charge in [-0.15, -0.1) is 0 Å². The van der Waals surface area contributed by atoms with E-state index in [1.165, 1.54) is 0 Å². The normalized spacial score (nSPS) is 13.5. The third-order valence-electron chi connectivity index (χ3n) is 3.16. The number of aryl methyl sites for hydroxylation is 1. The van der Waals surface area contributed by atoms with E-state index in [1.54, 1.807) is 35.1 Å². The molecular formula is C15H18N4O. The summed E-state index contributed by atoms with van der Waals surface area (Å²) in [5.41, 5.74) is 7.70. The second-order valence-electron chi connectivity index (χ2n) is 4.69. The number of rotatable bonds is 5. The Morgan fingerprint density at radius 2 is 2.10 bits per heavy atom. The molecule has 0 bridgehead atoms. The first-order valence-electron chi connectivity index (χ1n) is 6.55. The maximum absolute atomic E-state index is 8.80. The summed E-state index contributed by atoms with van der Waals surface area (Å²) in [7, 11) is 1.86. The van der Waals surface area contributed by atoms with Crippen LogP contribution in [0.5, 0.6) is 5.75 Å². The fraction of sp³-hybridized carbons (Fsp3) is 0.333. The summed E-state index contributed by atoms with van der Waals surface area (Å²) in [6, 6.07) is 8.99. The van der Waals surface area contributed by atoms with Gasteiger partial charge in [-0.25, -0.2) is 0 Å². The number of benzene rings is 1. The summed E-state index contributed by atoms with van der Waals surface area (Å²) in [5, 5.41) is 13.0. The topological polar surface area (TPSA) is 76.9 Å². The average molecular weight is 270 g/mol. The number of nitrogens with two attached hydrogens (primary N) is 1. The van der Waals surface area contributed by atoms with Crippen LogP contribution in [0.3, 0.4) is 0 Å². The van der Waals surface area contributed by atoms with Crippen LogP contribution in [0.2, 0.25) is 0 Å². The van der Waals surface area contributed by atoms with Crippen LogP contribution in [-0.2, 0) is 7.05 Å². The van der Waals surface area contributed by atoms with E-state index in [-0.39, 0.29) is 12.1 Å². The zero-order valence-electron chi connectivity index (χ0n) is 11.7. The van der Waals surface area contributed by atoms with E-state index >= 15 is 0 Å². The molecule has 2 aromatic rings. The van der Waals surface area contributed by atoms with Crippen LogP contribution in [0.4, 0.5) is 0 Å². The van der Waals surface area contributed by atoms with Crippen LogP contribution < -0.4 is 10.5 Å². The molecule has 1 aromatic heterocycles. The molecule has 2 rings (SSSR count). The monoisotopic (exact) mass is 270 g/mol. The zero-order chi connectivity index (χ0) is 14.5. The minimum atomic E-state index is -0.248. The lowest BCUT2D eigenvalue weighted by Gasteiger charge is -2.23. The Morgan fingerprint density at radius 3 is 2.60 bits per heavy atom. The first-order valence-corrected chi connectivity index (χ1v) is 6.55. The summed E-state index contributed by atoms with van der Waals surface area (Å²) in [4.78, 5) is 0. The molecule has 2 atom stereocenters. The summed E-state index contributed by atoms with van der Waals surface area (Å²) < 4.78 is 7.71. The Morgan fingerprint density at radius 1 is 1.40 bits per heavy atom. The molecule has 2 unspecified atom stereocenters. The quantitative estimate of drug-likeness (QED) is 0.903. The molecule has 5 nitrogen and oxygen atoms in total. The smallest absolute Gasteiger partial charge is 0.142 e. The van der Waals surface area contributed by atoms with Crippen LogP contribution >= 0.6 is 0 Å². The molecule has 0 fully saturated rings. The van der Waals surface area contributed by atoms with Gasteiger partial charge in [0.05, 0.1) is 17.8 Å². The summed E-state index contributed by atoms with van der Waals surface area (Å²) in [5.74, 6) is 0.696. The molecule has 0 aliphatic rings. The molecule has 0 saturated heterocycles. The van der Waals surface area contributed by atoms with Gasteiger partial charge in [0.25, 0.3) is 0 Å². The SMILES string of the molecule is CCC(N)C(Oc1ccc(C#N)cc1)c1cnn(C)c1. The molecule has 0 spiro atoms. The third kappa shape index (κ3) is 3.16. The van der Waals surface area contributed by atoms with E-state index in [9.17, 15) is 0 Å². The number of aromatic nitrogens is 2. The summed E-state index contributed by atoms with van der Waals surface area (Å²) in [6.45, 7) is 2.02. The van der Waals surface area contributed by atoms with Gasteiger partial charge < -0.3 is 10.5 Å². The van der Waals surface area contributed by atoms with Crippen molar-refractivity contribution in [1.29, 1.82) is 5.26 Å². The first-order chi connectivity index (χ1) is 9.63. The van der Waals surface area contributed by atoms with E-state index in [1.807, 2.05) is 20.2 Å². The largest absolute Gasteiger partial charge is 0.484 e. The van der Waals surface area contributed by atoms with E-state index < -0.39 is 0 Å². The van der Waals surface area contributed by atoms with Crippen molar-refractivity contribution in [2.75, 3.05) is 0 Å². The van der Waals surface area contributed by atoms with Gasteiger partial charge in [0.1, 0.15) is 11.9 Å². The van der Waals surface area contributed by atoms with Crippen molar-refractivity contribution in [3.05, 3.63) is 47.8 Å². The fourth-order valence-electron chi connectivity index (χ4n) is 1.96. The molecule has 0 aliphatic carbocycles. The predicted molar refractivity (Wildman–Crippen MR) is 76.0 cm³/mol. The third-order valence-corrected chi connectivity index (χ3v) is 3.16. The van der Waals surface area contributed by atoms with Crippen molar-refractivity contribution in [3.63, 3.8) is 0 Å². The van der Waals surface area contributed by atoms with Gasteiger partial charge in [-0.05, 0) is 30.7 Å². The molecule has 0 radical (unpaired) electrons. The number of nitriles is 1. The molecule has 0 aliphatic heterocycles. The molecule has 104 valence electrons. The molecule has 0 amide bonds. The Bertz CT molecular complexity index is 597. The molecule has 5 heteroatoms. The average Bonchev–Trinajstić information content (AvgIpc) is 2.91. The number of ether oxygens (including phenoxy) is 1. The van der Waals surface area contributed by atoms with Gasteiger partial charge in [-0.2, -0.15) is 10.4 Å². The second kappa shape index (κ2) is 6.22. The van der Waals surface area contributed by atoms with Gasteiger partial charge in [0.15, 0.2) is 0 Å². The van der Waals surface area contributed by atoms with Crippen LogP contribution in [0, 0.1) is 11.3 Å². The fourth-order valence-corrected chi connectivity index (χ4v) is 1.96. The van der Waals surface area contributed by atoms with Crippen LogP contribution in [0.1, 0.15) is 30.6 Å². The molecule has 2 N–H and O–H groups in total. The van der Waals surface area contributed by atoms with Crippen LogP contribution in [-0.4, -0.2) is 15.8 Å². The van der Waals surface area contributed by atoms with E-state index in [2.05, 4.69) is 11.2 Å². The Labute approximate surface area is 118 Å². The van der Waals surface area contributed by atoms with E-state index in [0.717, 1.165) is 12.0 Å². The molecule has 1 aromatic carbocycles. The minimum absolute atomic E-state index is 0.116. The number of hydrogen-bond acceptors (Lipinski definition) is 4. The van der Waals surface area contributed by atoms with Crippen molar-refractivity contribution < 1.29 is 4.74 Å². The lowest BCUT2D eigenvalue weighted by Crippen LogP contribution is -2.31. The van der Waals surface area contributed by atoms with E-state index in [4.69, 9.17) is 15.7 Å². The van der Waals surface area contributed by atoms with Crippen molar-refractivity contribution in [1.82, 2.24) is 9.78 Å². The van der Waals surface area contributed by atoms with Crippen LogP contribution in [0.15, 0.2) is 36.7 Å². The maximum atomic E-state index is 8.80. The second-order valence-corrected chi connectivity index (χ2v) is 4.69. The molecule has 1 heterocycles. The van der Waals surface area contributed by atoms with E-state index in [0.29, 0.717) is 11.3 Å². The van der Waals surface area contributed by atoms with Crippen molar-refractivity contribution in [2.24, 2.45) is 12.8 Å². The van der Waals surface area contributed by atoms with Gasteiger partial charge >= 0.3 is 0 Å². The summed E-state index contributed by atoms with van der Waals surface area (Å²) in [6.07, 6.45) is 4.23. The highest BCUT2D eigenvalue weighted by molar-refractivity contribution is 5.35. The van der Waals surface area contributed by atoms with Crippen molar-refractivity contribution in [2.45, 2.75) is 25.5 Å². The predicted octanol–water partition coefficient (Wildman–Crippen LogP) is 2.15. The standard InChI is InChI=1S/C15H18N4O/c1-3-14(17)15(12-9-18-19(2)10-12)20-13-6-4-11(8-16)5-7-13/h4-7,9-10,14-15H,3,17H2,1-2H3. The maximum Gasteiger partial charge on any atom is 0.142 e. The van der Waals surface area contributed by atoms with Crippen LogP contribution in [0.25, 0.3) is 0 Å². The molecular weight excluding hydrogens is 252 g/mol. The summed E-state index contributed by atoms with van der Waals surface area (Å²) >= 11 is 0. The minimum Gasteiger partial charge on any atom is -0.484 e. The molecule has 0 saturated carbocycles. The van der Waals surface area contributed by atoms with Gasteiger partial charge in [-0.1, -0.05) is 6.92 Å². The Balaban J connectivity index is 2.21. The van der Waals surface area contributed by atoms with Gasteiger partial charge in [-0.3, -0.25) is 4.68 Å². The zero-order valence-corrected chi connectivity index (χ0v) is 11.7. The highest BCUT2D eigenvalue weighted by Gasteiger charge is 2.22. The van der Waals surface area contributed by atoms with Crippen molar-refractivity contribution >= 4 is 0 Å². The highest BCUT2D eigenvalue weighted by Crippen LogP contribution is 2.25. The lowest BCUT2D eigenvalue weighted by molar-refractivity contribution is 0.171.